The van der Waals surface area contributed by atoms with Crippen molar-refractivity contribution in [3.63, 3.8) is 0 Å². The summed E-state index contributed by atoms with van der Waals surface area (Å²) in [6.45, 7) is 0. The van der Waals surface area contributed by atoms with Crippen molar-refractivity contribution in [3.05, 3.63) is 128 Å². The molecule has 0 aliphatic rings. The van der Waals surface area contributed by atoms with Crippen LogP contribution >= 0.6 is 0 Å². The van der Waals surface area contributed by atoms with E-state index in [1.807, 2.05) is 36.4 Å². The minimum Gasteiger partial charge on any atom is -0.256 e. The van der Waals surface area contributed by atoms with Crippen molar-refractivity contribution < 1.29 is 0 Å². The number of hydrogen-bond acceptors (Lipinski definition) is 5. The van der Waals surface area contributed by atoms with E-state index >= 15 is 0 Å². The van der Waals surface area contributed by atoms with E-state index in [4.69, 9.17) is 15.0 Å². The van der Waals surface area contributed by atoms with Gasteiger partial charge in [0.1, 0.15) is 0 Å². The zero-order valence-corrected chi connectivity index (χ0v) is 21.4. The molecule has 0 bridgehead atoms. The van der Waals surface area contributed by atoms with Gasteiger partial charge in [0.15, 0.2) is 17.5 Å². The second-order valence-corrected chi connectivity index (χ2v) is 9.89. The van der Waals surface area contributed by atoms with E-state index in [9.17, 15) is 0 Å². The van der Waals surface area contributed by atoms with Crippen LogP contribution in [0.3, 0.4) is 0 Å². The van der Waals surface area contributed by atoms with Crippen molar-refractivity contribution in [2.75, 3.05) is 0 Å². The molecule has 0 fully saturated rings. The highest BCUT2D eigenvalue weighted by Gasteiger charge is 2.14. The predicted octanol–water partition coefficient (Wildman–Crippen LogP) is 8.28. The Morgan fingerprint density at radius 3 is 1.30 bits per heavy atom. The topological polar surface area (TPSA) is 64.5 Å². The summed E-state index contributed by atoms with van der Waals surface area (Å²) in [5.74, 6) is 1.87. The van der Waals surface area contributed by atoms with Gasteiger partial charge in [-0.3, -0.25) is 9.97 Å². The molecule has 0 radical (unpaired) electrons. The molecule has 5 aromatic carbocycles. The lowest BCUT2D eigenvalue weighted by atomic mass is 10.0. The minimum atomic E-state index is 0.621. The lowest BCUT2D eigenvalue weighted by molar-refractivity contribution is 1.08. The molecule has 5 heteroatoms. The van der Waals surface area contributed by atoms with Gasteiger partial charge in [-0.25, -0.2) is 15.0 Å². The standard InChI is InChI=1S/C35H21N5/c1-2-6-23-18-30-21-27(10-9-24(30)17-22(23)5-1)33-38-34(28-11-13-31-25(19-28)7-3-15-36-31)40-35(39-33)29-12-14-32-26(20-29)8-4-16-37-32/h1-21H. The molecule has 0 amide bonds. The van der Waals surface area contributed by atoms with Gasteiger partial charge in [0.05, 0.1) is 11.0 Å². The number of nitrogens with zero attached hydrogens (tertiary/aromatic N) is 5. The maximum Gasteiger partial charge on any atom is 0.164 e. The van der Waals surface area contributed by atoms with E-state index in [1.54, 1.807) is 12.4 Å². The third-order valence-electron chi connectivity index (χ3n) is 7.32. The summed E-state index contributed by atoms with van der Waals surface area (Å²) in [5.41, 5.74) is 4.64. The predicted molar refractivity (Wildman–Crippen MR) is 162 cm³/mol. The second-order valence-electron chi connectivity index (χ2n) is 9.89. The Bertz CT molecular complexity index is 2140. The molecule has 40 heavy (non-hydrogen) atoms. The fraction of sp³-hybridized carbons (Fsp3) is 0. The van der Waals surface area contributed by atoms with Gasteiger partial charge >= 0.3 is 0 Å². The van der Waals surface area contributed by atoms with Crippen LogP contribution in [0.2, 0.25) is 0 Å². The summed E-state index contributed by atoms with van der Waals surface area (Å²) in [7, 11) is 0. The number of fused-ring (bicyclic) bond motifs is 4. The van der Waals surface area contributed by atoms with Crippen molar-refractivity contribution in [2.24, 2.45) is 0 Å². The van der Waals surface area contributed by atoms with Gasteiger partial charge in [-0.15, -0.1) is 0 Å². The Labute approximate surface area is 229 Å². The molecular weight excluding hydrogens is 490 g/mol. The first-order valence-electron chi connectivity index (χ1n) is 13.2. The molecule has 8 rings (SSSR count). The summed E-state index contributed by atoms with van der Waals surface area (Å²) in [6.07, 6.45) is 3.61. The van der Waals surface area contributed by atoms with E-state index in [0.717, 1.165) is 43.9 Å². The van der Waals surface area contributed by atoms with Crippen molar-refractivity contribution >= 4 is 43.4 Å². The Morgan fingerprint density at radius 1 is 0.325 bits per heavy atom. The fourth-order valence-corrected chi connectivity index (χ4v) is 5.27. The third-order valence-corrected chi connectivity index (χ3v) is 7.32. The van der Waals surface area contributed by atoms with Gasteiger partial charge in [-0.1, -0.05) is 48.5 Å². The van der Waals surface area contributed by atoms with Crippen LogP contribution in [0.15, 0.2) is 128 Å². The van der Waals surface area contributed by atoms with Crippen molar-refractivity contribution in [3.8, 4) is 34.2 Å². The number of pyridine rings is 2. The van der Waals surface area contributed by atoms with E-state index in [0.29, 0.717) is 17.5 Å². The van der Waals surface area contributed by atoms with Gasteiger partial charge < -0.3 is 0 Å². The molecule has 186 valence electrons. The number of benzene rings is 5. The van der Waals surface area contributed by atoms with Crippen LogP contribution in [0.5, 0.6) is 0 Å². The molecule has 0 saturated carbocycles. The van der Waals surface area contributed by atoms with Crippen LogP contribution in [0.4, 0.5) is 0 Å². The minimum absolute atomic E-state index is 0.621. The number of rotatable bonds is 3. The maximum absolute atomic E-state index is 4.98. The third kappa shape index (κ3) is 3.92. The molecule has 0 atom stereocenters. The normalized spacial score (nSPS) is 11.5. The Morgan fingerprint density at radius 2 is 0.750 bits per heavy atom. The van der Waals surface area contributed by atoms with Crippen LogP contribution in [-0.4, -0.2) is 24.9 Å². The quantitative estimate of drug-likeness (QED) is 0.223. The maximum atomic E-state index is 4.98. The monoisotopic (exact) mass is 511 g/mol. The first-order valence-corrected chi connectivity index (χ1v) is 13.2. The zero-order valence-electron chi connectivity index (χ0n) is 21.4. The van der Waals surface area contributed by atoms with E-state index in [1.165, 1.54) is 16.2 Å². The van der Waals surface area contributed by atoms with Crippen molar-refractivity contribution in [2.45, 2.75) is 0 Å². The molecular formula is C35H21N5. The van der Waals surface area contributed by atoms with Crippen LogP contribution in [0.1, 0.15) is 0 Å². The molecule has 8 aromatic rings. The van der Waals surface area contributed by atoms with Gasteiger partial charge in [0.25, 0.3) is 0 Å². The summed E-state index contributed by atoms with van der Waals surface area (Å²) in [4.78, 5) is 23.9. The SMILES string of the molecule is c1ccc2cc3cc(-c4nc(-c5ccc6ncccc6c5)nc(-c5ccc6ncccc6c5)n4)ccc3cc2c1. The Hall–Kier alpha value is -5.55. The highest BCUT2D eigenvalue weighted by molar-refractivity contribution is 5.99. The Balaban J connectivity index is 1.33. The van der Waals surface area contributed by atoms with Crippen LogP contribution in [-0.2, 0) is 0 Å². The lowest BCUT2D eigenvalue weighted by Crippen LogP contribution is -2.00. The summed E-state index contributed by atoms with van der Waals surface area (Å²) < 4.78 is 0. The largest absolute Gasteiger partial charge is 0.256 e. The molecule has 0 spiro atoms. The van der Waals surface area contributed by atoms with Crippen molar-refractivity contribution in [1.29, 1.82) is 0 Å². The van der Waals surface area contributed by atoms with Gasteiger partial charge in [-0.05, 0) is 88.3 Å². The average Bonchev–Trinajstić information content (AvgIpc) is 3.02. The zero-order chi connectivity index (χ0) is 26.5. The molecule has 0 aliphatic carbocycles. The molecule has 5 nitrogen and oxygen atoms in total. The summed E-state index contributed by atoms with van der Waals surface area (Å²) in [6, 6.07) is 39.5. The molecule has 0 N–H and O–H groups in total. The Kier molecular flexibility index (Phi) is 5.07. The lowest BCUT2D eigenvalue weighted by Gasteiger charge is -2.10. The van der Waals surface area contributed by atoms with Gasteiger partial charge in [-0.2, -0.15) is 0 Å². The second kappa shape index (κ2) is 9.03. The number of aromatic nitrogens is 5. The van der Waals surface area contributed by atoms with Crippen LogP contribution < -0.4 is 0 Å². The average molecular weight is 512 g/mol. The van der Waals surface area contributed by atoms with Crippen LogP contribution in [0, 0.1) is 0 Å². The fourth-order valence-electron chi connectivity index (χ4n) is 5.27. The first-order chi connectivity index (χ1) is 19.8. The van der Waals surface area contributed by atoms with E-state index < -0.39 is 0 Å². The van der Waals surface area contributed by atoms with E-state index in [-0.39, 0.29) is 0 Å². The molecule has 0 saturated heterocycles. The summed E-state index contributed by atoms with van der Waals surface area (Å²) >= 11 is 0. The highest BCUT2D eigenvalue weighted by atomic mass is 15.0. The molecule has 3 aromatic heterocycles. The molecule has 0 aliphatic heterocycles. The highest BCUT2D eigenvalue weighted by Crippen LogP contribution is 2.30. The van der Waals surface area contributed by atoms with Crippen LogP contribution in [0.25, 0.3) is 77.5 Å². The molecule has 0 unspecified atom stereocenters. The van der Waals surface area contributed by atoms with E-state index in [2.05, 4.69) is 88.8 Å². The summed E-state index contributed by atoms with van der Waals surface area (Å²) in [5, 5.41) is 6.84. The van der Waals surface area contributed by atoms with Gasteiger partial charge in [0.2, 0.25) is 0 Å². The first kappa shape index (κ1) is 22.4. The van der Waals surface area contributed by atoms with Crippen molar-refractivity contribution in [1.82, 2.24) is 24.9 Å². The number of hydrogen-bond donors (Lipinski definition) is 0. The smallest absolute Gasteiger partial charge is 0.164 e. The van der Waals surface area contributed by atoms with Gasteiger partial charge in [0, 0.05) is 39.9 Å². The molecule has 3 heterocycles.